The average molecular weight is 370 g/mol. The van der Waals surface area contributed by atoms with Gasteiger partial charge in [0.05, 0.1) is 11.8 Å². The van der Waals surface area contributed by atoms with Gasteiger partial charge < -0.3 is 10.0 Å². The molecule has 1 aliphatic rings. The number of rotatable bonds is 7. The van der Waals surface area contributed by atoms with Crippen LogP contribution in [0.5, 0.6) is 0 Å². The number of benzene rings is 1. The molecule has 0 radical (unpaired) electrons. The zero-order valence-corrected chi connectivity index (χ0v) is 16.5. The molecule has 5 heteroatoms. The van der Waals surface area contributed by atoms with Crippen LogP contribution in [0.1, 0.15) is 54.4 Å². The number of nitrogens with zero attached hydrogens (tertiary/aromatic N) is 3. The fraction of sp³-hybridized carbons (Fsp3) is 0.545. The first-order valence-corrected chi connectivity index (χ1v) is 10.1. The second-order valence-electron chi connectivity index (χ2n) is 7.62. The van der Waals surface area contributed by atoms with Gasteiger partial charge in [-0.3, -0.25) is 9.48 Å². The molecule has 2 aromatic rings. The molecule has 2 heterocycles. The number of hydrogen-bond acceptors (Lipinski definition) is 3. The van der Waals surface area contributed by atoms with Crippen molar-refractivity contribution in [2.45, 2.75) is 51.6 Å². The number of hydrogen-bond donors (Lipinski definition) is 1. The van der Waals surface area contributed by atoms with Crippen LogP contribution in [-0.2, 0) is 19.9 Å². The lowest BCUT2D eigenvalue weighted by Gasteiger charge is -2.34. The average Bonchev–Trinajstić information content (AvgIpc) is 3.07. The number of aliphatic hydroxyl groups is 1. The third-order valence-corrected chi connectivity index (χ3v) is 5.60. The van der Waals surface area contributed by atoms with Gasteiger partial charge in [-0.2, -0.15) is 5.10 Å². The van der Waals surface area contributed by atoms with Crippen LogP contribution in [-0.4, -0.2) is 44.9 Å². The van der Waals surface area contributed by atoms with E-state index in [0.29, 0.717) is 18.8 Å². The van der Waals surface area contributed by atoms with Gasteiger partial charge in [-0.15, -0.1) is 0 Å². The van der Waals surface area contributed by atoms with E-state index in [-0.39, 0.29) is 17.9 Å². The first-order chi connectivity index (χ1) is 13.1. The van der Waals surface area contributed by atoms with Crippen LogP contribution < -0.4 is 0 Å². The molecule has 1 atom stereocenters. The van der Waals surface area contributed by atoms with Gasteiger partial charge in [0.15, 0.2) is 0 Å². The largest absolute Gasteiger partial charge is 0.393 e. The third kappa shape index (κ3) is 4.98. The van der Waals surface area contributed by atoms with Crippen LogP contribution >= 0.6 is 0 Å². The Morgan fingerprint density at radius 1 is 1.22 bits per heavy atom. The Balaban J connectivity index is 1.50. The predicted molar refractivity (Wildman–Crippen MR) is 107 cm³/mol. The second kappa shape index (κ2) is 9.18. The zero-order chi connectivity index (χ0) is 19.2. The molecule has 146 valence electrons. The van der Waals surface area contributed by atoms with E-state index in [1.807, 2.05) is 36.2 Å². The van der Waals surface area contributed by atoms with E-state index >= 15 is 0 Å². The number of amides is 1. The lowest BCUT2D eigenvalue weighted by atomic mass is 9.88. The number of aliphatic hydroxyl groups excluding tert-OH is 1. The van der Waals surface area contributed by atoms with Crippen molar-refractivity contribution in [1.82, 2.24) is 14.7 Å². The molecule has 0 aliphatic carbocycles. The Morgan fingerprint density at radius 2 is 1.93 bits per heavy atom. The topological polar surface area (TPSA) is 58.4 Å². The summed E-state index contributed by atoms with van der Waals surface area (Å²) < 4.78 is 1.70. The van der Waals surface area contributed by atoms with Crippen LogP contribution in [0.4, 0.5) is 0 Å². The van der Waals surface area contributed by atoms with Crippen LogP contribution in [0.3, 0.4) is 0 Å². The quantitative estimate of drug-likeness (QED) is 0.815. The van der Waals surface area contributed by atoms with Crippen molar-refractivity contribution in [1.29, 1.82) is 0 Å². The molecular formula is C22H31N3O2. The molecule has 3 rings (SSSR count). The van der Waals surface area contributed by atoms with Crippen LogP contribution in [0.15, 0.2) is 36.4 Å². The van der Waals surface area contributed by atoms with Crippen molar-refractivity contribution in [2.24, 2.45) is 13.0 Å². The minimum absolute atomic E-state index is 0.0598. The van der Waals surface area contributed by atoms with E-state index in [2.05, 4.69) is 24.2 Å². The Labute approximate surface area is 162 Å². The summed E-state index contributed by atoms with van der Waals surface area (Å²) in [5, 5.41) is 15.0. The molecule has 1 aliphatic heterocycles. The molecule has 0 spiro atoms. The number of aryl methyl sites for hydroxylation is 3. The van der Waals surface area contributed by atoms with Gasteiger partial charge in [-0.05, 0) is 49.7 Å². The highest BCUT2D eigenvalue weighted by molar-refractivity contribution is 5.92. The lowest BCUT2D eigenvalue weighted by Crippen LogP contribution is -2.41. The highest BCUT2D eigenvalue weighted by atomic mass is 16.3. The minimum atomic E-state index is -0.296. The Hall–Kier alpha value is -2.14. The number of aromatic nitrogens is 2. The first kappa shape index (κ1) is 19.6. The van der Waals surface area contributed by atoms with Gasteiger partial charge in [0, 0.05) is 20.1 Å². The van der Waals surface area contributed by atoms with Crippen molar-refractivity contribution < 1.29 is 9.90 Å². The van der Waals surface area contributed by atoms with Gasteiger partial charge in [-0.25, -0.2) is 0 Å². The van der Waals surface area contributed by atoms with Crippen molar-refractivity contribution >= 4 is 5.91 Å². The van der Waals surface area contributed by atoms with Crippen molar-refractivity contribution in [2.75, 3.05) is 13.1 Å². The third-order valence-electron chi connectivity index (χ3n) is 5.60. The molecule has 1 fully saturated rings. The molecule has 1 amide bonds. The van der Waals surface area contributed by atoms with Crippen molar-refractivity contribution in [3.8, 4) is 0 Å². The summed E-state index contributed by atoms with van der Waals surface area (Å²) in [6.45, 7) is 3.53. The van der Waals surface area contributed by atoms with Crippen molar-refractivity contribution in [3.05, 3.63) is 53.3 Å². The van der Waals surface area contributed by atoms with Crippen LogP contribution in [0.2, 0.25) is 0 Å². The fourth-order valence-electron chi connectivity index (χ4n) is 3.95. The van der Waals surface area contributed by atoms with Crippen molar-refractivity contribution in [3.63, 3.8) is 0 Å². The molecule has 0 bridgehead atoms. The number of piperidine rings is 1. The second-order valence-corrected chi connectivity index (χ2v) is 7.62. The van der Waals surface area contributed by atoms with Crippen LogP contribution in [0.25, 0.3) is 0 Å². The van der Waals surface area contributed by atoms with E-state index in [0.717, 1.165) is 44.2 Å². The molecule has 1 N–H and O–H groups in total. The maximum Gasteiger partial charge on any atom is 0.272 e. The van der Waals surface area contributed by atoms with Crippen LogP contribution in [0, 0.1) is 5.92 Å². The number of likely N-dealkylation sites (tertiary alicyclic amines) is 1. The molecular weight excluding hydrogens is 338 g/mol. The standard InChI is InChI=1S/C22H31N3O2/c1-3-7-19-16-20(24(2)23-19)22(27)25-14-12-18(13-15-25)21(26)11-10-17-8-5-4-6-9-17/h4-6,8-9,16,18,21,26H,3,7,10-15H2,1-2H3. The Morgan fingerprint density at radius 3 is 2.59 bits per heavy atom. The SMILES string of the molecule is CCCc1cc(C(=O)N2CCC(C(O)CCc3ccccc3)CC2)n(C)n1. The molecule has 1 saturated heterocycles. The summed E-state index contributed by atoms with van der Waals surface area (Å²) in [7, 11) is 1.84. The number of carbonyl (C=O) groups is 1. The Kier molecular flexibility index (Phi) is 6.67. The highest BCUT2D eigenvalue weighted by Gasteiger charge is 2.29. The summed E-state index contributed by atoms with van der Waals surface area (Å²) in [6.07, 6.45) is 5.03. The zero-order valence-electron chi connectivity index (χ0n) is 16.5. The maximum atomic E-state index is 12.8. The normalized spacial score (nSPS) is 16.5. The molecule has 27 heavy (non-hydrogen) atoms. The summed E-state index contributed by atoms with van der Waals surface area (Å²) >= 11 is 0. The molecule has 0 saturated carbocycles. The van der Waals surface area contributed by atoms with E-state index in [1.165, 1.54) is 5.56 Å². The van der Waals surface area contributed by atoms with E-state index in [1.54, 1.807) is 4.68 Å². The maximum absolute atomic E-state index is 12.8. The first-order valence-electron chi connectivity index (χ1n) is 10.1. The van der Waals surface area contributed by atoms with Gasteiger partial charge in [0.1, 0.15) is 5.69 Å². The van der Waals surface area contributed by atoms with E-state index in [9.17, 15) is 9.90 Å². The molecule has 1 unspecified atom stereocenters. The summed E-state index contributed by atoms with van der Waals surface area (Å²) in [5.41, 5.74) is 2.92. The smallest absolute Gasteiger partial charge is 0.272 e. The summed E-state index contributed by atoms with van der Waals surface area (Å²) in [4.78, 5) is 14.7. The molecule has 5 nitrogen and oxygen atoms in total. The number of carbonyl (C=O) groups excluding carboxylic acids is 1. The van der Waals surface area contributed by atoms with Gasteiger partial charge in [0.2, 0.25) is 0 Å². The molecule has 1 aromatic heterocycles. The lowest BCUT2D eigenvalue weighted by molar-refractivity contribution is 0.0430. The Bertz CT molecular complexity index is 733. The predicted octanol–water partition coefficient (Wildman–Crippen LogP) is 3.22. The van der Waals surface area contributed by atoms with E-state index in [4.69, 9.17) is 0 Å². The monoisotopic (exact) mass is 369 g/mol. The summed E-state index contributed by atoms with van der Waals surface area (Å²) in [6, 6.07) is 12.2. The fourth-order valence-corrected chi connectivity index (χ4v) is 3.95. The summed E-state index contributed by atoms with van der Waals surface area (Å²) in [5.74, 6) is 0.338. The minimum Gasteiger partial charge on any atom is -0.393 e. The van der Waals surface area contributed by atoms with Gasteiger partial charge in [0.25, 0.3) is 5.91 Å². The van der Waals surface area contributed by atoms with E-state index < -0.39 is 0 Å². The van der Waals surface area contributed by atoms with Gasteiger partial charge >= 0.3 is 0 Å². The molecule has 1 aromatic carbocycles. The van der Waals surface area contributed by atoms with Gasteiger partial charge in [-0.1, -0.05) is 43.7 Å². The highest BCUT2D eigenvalue weighted by Crippen LogP contribution is 2.24.